The molecular weight excluding hydrogens is 316 g/mol. The van der Waals surface area contributed by atoms with Crippen LogP contribution in [-0.2, 0) is 4.74 Å². The summed E-state index contributed by atoms with van der Waals surface area (Å²) in [6, 6.07) is 0. The first-order valence-corrected chi connectivity index (χ1v) is 12.5. The van der Waals surface area contributed by atoms with Crippen LogP contribution in [0, 0.1) is 0 Å². The molecule has 1 saturated heterocycles. The van der Waals surface area contributed by atoms with Gasteiger partial charge in [-0.2, -0.15) is 0 Å². The van der Waals surface area contributed by atoms with E-state index in [1.165, 1.54) is 141 Å². The highest BCUT2D eigenvalue weighted by molar-refractivity contribution is 4.68. The topological polar surface area (TPSA) is 12.5 Å². The van der Waals surface area contributed by atoms with Crippen LogP contribution in [0.25, 0.3) is 0 Å². The van der Waals surface area contributed by atoms with Crippen LogP contribution in [-0.4, -0.2) is 12.7 Å². The predicted octanol–water partition coefficient (Wildman–Crippen LogP) is 8.99. The Bertz CT molecular complexity index is 259. The largest absolute Gasteiger partial charge is 0.373 e. The minimum Gasteiger partial charge on any atom is -0.373 e. The lowest BCUT2D eigenvalue weighted by molar-refractivity contribution is 0.387. The first-order chi connectivity index (χ1) is 12.9. The Morgan fingerprint density at radius 3 is 1.00 bits per heavy atom. The zero-order valence-electron chi connectivity index (χ0n) is 18.2. The quantitative estimate of drug-likeness (QED) is 0.137. The highest BCUT2D eigenvalue weighted by atomic mass is 16.6. The summed E-state index contributed by atoms with van der Waals surface area (Å²) in [5.41, 5.74) is 0. The molecule has 0 aromatic rings. The molecule has 1 aliphatic rings. The van der Waals surface area contributed by atoms with Gasteiger partial charge in [0, 0.05) is 0 Å². The molecule has 1 heterocycles. The van der Waals surface area contributed by atoms with Crippen LogP contribution in [0.5, 0.6) is 0 Å². The van der Waals surface area contributed by atoms with Gasteiger partial charge in [0.05, 0.1) is 12.7 Å². The van der Waals surface area contributed by atoms with E-state index < -0.39 is 0 Å². The standard InChI is InChI=1S/C25H50O/c1-2-3-4-5-6-7-8-9-10-11-12-13-14-15-16-17-18-19-20-21-22-23-25-24-26-25/h25H,2-24H2,1H3. The third kappa shape index (κ3) is 18.7. The van der Waals surface area contributed by atoms with Crippen LogP contribution in [0.3, 0.4) is 0 Å². The fourth-order valence-corrected chi connectivity index (χ4v) is 4.04. The molecule has 1 nitrogen and oxygen atoms in total. The van der Waals surface area contributed by atoms with E-state index in [1.807, 2.05) is 0 Å². The van der Waals surface area contributed by atoms with Crippen molar-refractivity contribution < 1.29 is 4.74 Å². The van der Waals surface area contributed by atoms with Gasteiger partial charge in [0.2, 0.25) is 0 Å². The van der Waals surface area contributed by atoms with Gasteiger partial charge in [-0.05, 0) is 6.42 Å². The average Bonchev–Trinajstić information content (AvgIpc) is 3.47. The molecule has 0 bridgehead atoms. The molecule has 1 fully saturated rings. The number of unbranched alkanes of at least 4 members (excludes halogenated alkanes) is 20. The van der Waals surface area contributed by atoms with Gasteiger partial charge in [-0.3, -0.25) is 0 Å². The smallest absolute Gasteiger partial charge is 0.0810 e. The Labute approximate surface area is 166 Å². The average molecular weight is 367 g/mol. The number of epoxide rings is 1. The van der Waals surface area contributed by atoms with Crippen molar-refractivity contribution in [3.63, 3.8) is 0 Å². The molecule has 1 aliphatic heterocycles. The second kappa shape index (κ2) is 19.7. The summed E-state index contributed by atoms with van der Waals surface area (Å²) in [7, 11) is 0. The van der Waals surface area contributed by atoms with Crippen molar-refractivity contribution in [3.05, 3.63) is 0 Å². The van der Waals surface area contributed by atoms with Crippen LogP contribution in [0.15, 0.2) is 0 Å². The summed E-state index contributed by atoms with van der Waals surface area (Å²) in [5.74, 6) is 0. The van der Waals surface area contributed by atoms with E-state index in [4.69, 9.17) is 4.74 Å². The van der Waals surface area contributed by atoms with E-state index >= 15 is 0 Å². The van der Waals surface area contributed by atoms with Crippen molar-refractivity contribution >= 4 is 0 Å². The molecular formula is C25H50O. The lowest BCUT2D eigenvalue weighted by atomic mass is 10.0. The summed E-state index contributed by atoms with van der Waals surface area (Å²) in [6.45, 7) is 3.34. The van der Waals surface area contributed by atoms with E-state index in [-0.39, 0.29) is 0 Å². The van der Waals surface area contributed by atoms with E-state index in [1.54, 1.807) is 0 Å². The molecule has 0 radical (unpaired) electrons. The maximum absolute atomic E-state index is 5.25. The number of ether oxygens (including phenoxy) is 1. The molecule has 1 atom stereocenters. The molecule has 1 unspecified atom stereocenters. The van der Waals surface area contributed by atoms with E-state index in [0.29, 0.717) is 6.10 Å². The van der Waals surface area contributed by atoms with Gasteiger partial charge in [0.25, 0.3) is 0 Å². The third-order valence-corrected chi connectivity index (χ3v) is 6.03. The fraction of sp³-hybridized carbons (Fsp3) is 1.00. The summed E-state index contributed by atoms with van der Waals surface area (Å²) in [4.78, 5) is 0. The number of hydrogen-bond donors (Lipinski definition) is 0. The van der Waals surface area contributed by atoms with Crippen LogP contribution < -0.4 is 0 Å². The lowest BCUT2D eigenvalue weighted by Gasteiger charge is -2.04. The molecule has 0 spiro atoms. The van der Waals surface area contributed by atoms with Crippen molar-refractivity contribution in [2.45, 2.75) is 154 Å². The van der Waals surface area contributed by atoms with Gasteiger partial charge in [-0.1, -0.05) is 142 Å². The van der Waals surface area contributed by atoms with Gasteiger partial charge in [0.15, 0.2) is 0 Å². The van der Waals surface area contributed by atoms with Gasteiger partial charge in [-0.25, -0.2) is 0 Å². The van der Waals surface area contributed by atoms with Crippen LogP contribution in [0.1, 0.15) is 148 Å². The Morgan fingerprint density at radius 2 is 0.731 bits per heavy atom. The summed E-state index contributed by atoms with van der Waals surface area (Å²) >= 11 is 0. The van der Waals surface area contributed by atoms with E-state index in [9.17, 15) is 0 Å². The SMILES string of the molecule is CCCCCCCCCCCCCCCCCCCCCCCC1CO1. The van der Waals surface area contributed by atoms with Crippen molar-refractivity contribution in [1.82, 2.24) is 0 Å². The Kier molecular flexibility index (Phi) is 18.2. The second-order valence-electron chi connectivity index (χ2n) is 8.82. The van der Waals surface area contributed by atoms with Gasteiger partial charge >= 0.3 is 0 Å². The lowest BCUT2D eigenvalue weighted by Crippen LogP contribution is -1.86. The maximum Gasteiger partial charge on any atom is 0.0810 e. The molecule has 0 aliphatic carbocycles. The minimum absolute atomic E-state index is 0.648. The first kappa shape index (κ1) is 24.0. The van der Waals surface area contributed by atoms with E-state index in [2.05, 4.69) is 6.92 Å². The molecule has 156 valence electrons. The molecule has 0 aromatic heterocycles. The third-order valence-electron chi connectivity index (χ3n) is 6.03. The summed E-state index contributed by atoms with van der Waals surface area (Å²) < 4.78 is 5.25. The number of rotatable bonds is 22. The molecule has 0 saturated carbocycles. The minimum atomic E-state index is 0.648. The molecule has 0 amide bonds. The van der Waals surface area contributed by atoms with Crippen LogP contribution >= 0.6 is 0 Å². The Morgan fingerprint density at radius 1 is 0.462 bits per heavy atom. The molecule has 26 heavy (non-hydrogen) atoms. The van der Waals surface area contributed by atoms with Crippen LogP contribution in [0.2, 0.25) is 0 Å². The van der Waals surface area contributed by atoms with Crippen molar-refractivity contribution in [3.8, 4) is 0 Å². The van der Waals surface area contributed by atoms with Crippen molar-refractivity contribution in [2.24, 2.45) is 0 Å². The normalized spacial score (nSPS) is 16.3. The highest BCUT2D eigenvalue weighted by Crippen LogP contribution is 2.18. The zero-order valence-corrected chi connectivity index (χ0v) is 18.2. The van der Waals surface area contributed by atoms with Crippen LogP contribution in [0.4, 0.5) is 0 Å². The number of hydrogen-bond acceptors (Lipinski definition) is 1. The van der Waals surface area contributed by atoms with E-state index in [0.717, 1.165) is 6.61 Å². The van der Waals surface area contributed by atoms with Gasteiger partial charge in [-0.15, -0.1) is 0 Å². The molecule has 1 heteroatoms. The second-order valence-corrected chi connectivity index (χ2v) is 8.82. The van der Waals surface area contributed by atoms with Gasteiger partial charge < -0.3 is 4.74 Å². The molecule has 1 rings (SSSR count). The first-order valence-electron chi connectivity index (χ1n) is 12.5. The highest BCUT2D eigenvalue weighted by Gasteiger charge is 2.20. The monoisotopic (exact) mass is 366 g/mol. The Hall–Kier alpha value is -0.0400. The zero-order chi connectivity index (χ0) is 18.5. The summed E-state index contributed by atoms with van der Waals surface area (Å²) in [5, 5.41) is 0. The molecule has 0 N–H and O–H groups in total. The van der Waals surface area contributed by atoms with Crippen molar-refractivity contribution in [2.75, 3.05) is 6.61 Å². The maximum atomic E-state index is 5.25. The van der Waals surface area contributed by atoms with Gasteiger partial charge in [0.1, 0.15) is 0 Å². The fourth-order valence-electron chi connectivity index (χ4n) is 4.04. The molecule has 0 aromatic carbocycles. The van der Waals surface area contributed by atoms with Crippen molar-refractivity contribution in [1.29, 1.82) is 0 Å². The Balaban J connectivity index is 1.59. The summed E-state index contributed by atoms with van der Waals surface area (Å²) in [6.07, 6.45) is 32.7. The predicted molar refractivity (Wildman–Crippen MR) is 117 cm³/mol.